The van der Waals surface area contributed by atoms with Crippen LogP contribution in [-0.4, -0.2) is 53.6 Å². The minimum atomic E-state index is 0.578. The Bertz CT molecular complexity index is 989. The second kappa shape index (κ2) is 8.21. The number of hydrogen-bond donors (Lipinski definition) is 1. The van der Waals surface area contributed by atoms with Crippen LogP contribution in [0.3, 0.4) is 0 Å². The Morgan fingerprint density at radius 1 is 0.897 bits per heavy atom. The third-order valence-electron chi connectivity index (χ3n) is 5.64. The van der Waals surface area contributed by atoms with Crippen molar-refractivity contribution in [2.45, 2.75) is 18.9 Å². The molecule has 148 valence electrons. The molecule has 2 aliphatic rings. The molecule has 0 amide bonds. The van der Waals surface area contributed by atoms with Crippen molar-refractivity contribution in [1.29, 1.82) is 0 Å². The van der Waals surface area contributed by atoms with Crippen LogP contribution in [0.1, 0.15) is 18.4 Å². The maximum absolute atomic E-state index is 4.90. The quantitative estimate of drug-likeness (QED) is 0.694. The molecule has 2 heterocycles. The Balaban J connectivity index is 1.24. The summed E-state index contributed by atoms with van der Waals surface area (Å²) in [5.74, 6) is 1.84. The molecule has 1 aliphatic heterocycles. The first-order chi connectivity index (χ1) is 14.3. The van der Waals surface area contributed by atoms with Gasteiger partial charge in [0.05, 0.1) is 5.52 Å². The van der Waals surface area contributed by atoms with Gasteiger partial charge in [-0.2, -0.15) is 4.98 Å². The van der Waals surface area contributed by atoms with Crippen LogP contribution in [0.4, 0.5) is 11.8 Å². The second-order valence-electron chi connectivity index (χ2n) is 7.91. The molecule has 0 atom stereocenters. The molecule has 0 unspecified atom stereocenters. The van der Waals surface area contributed by atoms with Gasteiger partial charge in [-0.3, -0.25) is 4.90 Å². The molecule has 1 aromatic heterocycles. The van der Waals surface area contributed by atoms with Gasteiger partial charge in [-0.15, -0.1) is 0 Å². The Morgan fingerprint density at radius 2 is 1.66 bits per heavy atom. The zero-order chi connectivity index (χ0) is 19.5. The van der Waals surface area contributed by atoms with Crippen LogP contribution >= 0.6 is 0 Å². The van der Waals surface area contributed by atoms with Crippen molar-refractivity contribution in [1.82, 2.24) is 14.9 Å². The van der Waals surface area contributed by atoms with Crippen LogP contribution in [-0.2, 0) is 0 Å². The summed E-state index contributed by atoms with van der Waals surface area (Å²) in [7, 11) is 0. The third-order valence-corrected chi connectivity index (χ3v) is 5.64. The van der Waals surface area contributed by atoms with E-state index in [4.69, 9.17) is 9.97 Å². The molecule has 5 heteroatoms. The van der Waals surface area contributed by atoms with Crippen molar-refractivity contribution in [2.24, 2.45) is 0 Å². The first kappa shape index (κ1) is 18.1. The molecule has 5 nitrogen and oxygen atoms in total. The van der Waals surface area contributed by atoms with Gasteiger partial charge in [0.2, 0.25) is 5.95 Å². The predicted molar refractivity (Wildman–Crippen MR) is 120 cm³/mol. The number of nitrogens with one attached hydrogen (secondary N) is 1. The van der Waals surface area contributed by atoms with Crippen molar-refractivity contribution in [3.63, 3.8) is 0 Å². The smallest absolute Gasteiger partial charge is 0.227 e. The van der Waals surface area contributed by atoms with E-state index in [2.05, 4.69) is 81.9 Å². The highest BCUT2D eigenvalue weighted by Crippen LogP contribution is 2.29. The fourth-order valence-electron chi connectivity index (χ4n) is 3.77. The first-order valence-corrected chi connectivity index (χ1v) is 10.6. The molecular formula is C24H27N5. The SMILES string of the molecule is C(=C\c1ccccc1)/CN1CCN(c2nc(NC3CC3)c3ccccc3n2)CC1. The van der Waals surface area contributed by atoms with E-state index in [9.17, 15) is 0 Å². The normalized spacial score (nSPS) is 17.9. The number of rotatable bonds is 6. The van der Waals surface area contributed by atoms with E-state index in [0.717, 1.165) is 55.4 Å². The molecule has 0 radical (unpaired) electrons. The Morgan fingerprint density at radius 3 is 2.45 bits per heavy atom. The van der Waals surface area contributed by atoms with Crippen LogP contribution < -0.4 is 10.2 Å². The average molecular weight is 386 g/mol. The molecule has 3 aromatic rings. The van der Waals surface area contributed by atoms with Crippen LogP contribution in [0.15, 0.2) is 60.7 Å². The van der Waals surface area contributed by atoms with Crippen molar-refractivity contribution in [3.05, 3.63) is 66.2 Å². The van der Waals surface area contributed by atoms with Crippen LogP contribution in [0.2, 0.25) is 0 Å². The van der Waals surface area contributed by atoms with Gasteiger partial charge in [0.25, 0.3) is 0 Å². The van der Waals surface area contributed by atoms with E-state index in [1.54, 1.807) is 0 Å². The molecule has 0 spiro atoms. The van der Waals surface area contributed by atoms with Gasteiger partial charge in [-0.1, -0.05) is 54.6 Å². The molecule has 2 fully saturated rings. The minimum absolute atomic E-state index is 0.578. The number of anilines is 2. The standard InChI is InChI=1S/C24H27N5/c1-2-7-19(8-3-1)9-6-14-28-15-17-29(18-16-28)24-26-22-11-5-4-10-21(22)23(27-24)25-20-12-13-20/h1-11,20H,12-18H2,(H,25,26,27)/b9-6+. The largest absolute Gasteiger partial charge is 0.367 e. The molecular weight excluding hydrogens is 358 g/mol. The number of piperazine rings is 1. The maximum atomic E-state index is 4.90. The van der Waals surface area contributed by atoms with Crippen molar-refractivity contribution >= 4 is 28.7 Å². The number of para-hydroxylation sites is 1. The molecule has 2 aromatic carbocycles. The molecule has 1 saturated heterocycles. The van der Waals surface area contributed by atoms with Gasteiger partial charge in [-0.05, 0) is 30.5 Å². The summed E-state index contributed by atoms with van der Waals surface area (Å²) in [5.41, 5.74) is 2.28. The molecule has 0 bridgehead atoms. The highest BCUT2D eigenvalue weighted by atomic mass is 15.3. The van der Waals surface area contributed by atoms with Crippen molar-refractivity contribution < 1.29 is 0 Å². The highest BCUT2D eigenvalue weighted by Gasteiger charge is 2.24. The highest BCUT2D eigenvalue weighted by molar-refractivity contribution is 5.90. The Kier molecular flexibility index (Phi) is 5.13. The topological polar surface area (TPSA) is 44.3 Å². The number of nitrogens with zero attached hydrogens (tertiary/aromatic N) is 4. The van der Waals surface area contributed by atoms with Crippen LogP contribution in [0, 0.1) is 0 Å². The van der Waals surface area contributed by atoms with E-state index < -0.39 is 0 Å². The zero-order valence-electron chi connectivity index (χ0n) is 16.7. The lowest BCUT2D eigenvalue weighted by Gasteiger charge is -2.34. The first-order valence-electron chi connectivity index (χ1n) is 10.6. The van der Waals surface area contributed by atoms with E-state index >= 15 is 0 Å². The summed E-state index contributed by atoms with van der Waals surface area (Å²) in [5, 5.41) is 4.71. The monoisotopic (exact) mass is 385 g/mol. The molecule has 5 rings (SSSR count). The summed E-state index contributed by atoms with van der Waals surface area (Å²) in [4.78, 5) is 14.6. The average Bonchev–Trinajstić information content (AvgIpc) is 3.59. The molecule has 1 saturated carbocycles. The van der Waals surface area contributed by atoms with E-state index in [1.165, 1.54) is 18.4 Å². The molecule has 29 heavy (non-hydrogen) atoms. The van der Waals surface area contributed by atoms with Crippen molar-refractivity contribution in [2.75, 3.05) is 42.9 Å². The lowest BCUT2D eigenvalue weighted by atomic mass is 10.2. The number of fused-ring (bicyclic) bond motifs is 1. The summed E-state index contributed by atoms with van der Waals surface area (Å²) in [6, 6.07) is 19.4. The fourth-order valence-corrected chi connectivity index (χ4v) is 3.77. The Hall–Kier alpha value is -2.92. The van der Waals surface area contributed by atoms with E-state index in [-0.39, 0.29) is 0 Å². The third kappa shape index (κ3) is 4.40. The van der Waals surface area contributed by atoms with Crippen LogP contribution in [0.25, 0.3) is 17.0 Å². The summed E-state index contributed by atoms with van der Waals surface area (Å²) >= 11 is 0. The fraction of sp³-hybridized carbons (Fsp3) is 0.333. The van der Waals surface area contributed by atoms with Gasteiger partial charge < -0.3 is 10.2 Å². The second-order valence-corrected chi connectivity index (χ2v) is 7.91. The lowest BCUT2D eigenvalue weighted by molar-refractivity contribution is 0.283. The minimum Gasteiger partial charge on any atom is -0.367 e. The summed E-state index contributed by atoms with van der Waals surface area (Å²) in [6.07, 6.45) is 6.94. The van der Waals surface area contributed by atoms with Gasteiger partial charge in [-0.25, -0.2) is 4.98 Å². The van der Waals surface area contributed by atoms with Gasteiger partial charge in [0.15, 0.2) is 0 Å². The zero-order valence-corrected chi connectivity index (χ0v) is 16.7. The van der Waals surface area contributed by atoms with E-state index in [0.29, 0.717) is 6.04 Å². The summed E-state index contributed by atoms with van der Waals surface area (Å²) < 4.78 is 0. The lowest BCUT2D eigenvalue weighted by Crippen LogP contribution is -2.47. The Labute approximate surface area is 172 Å². The molecule has 1 aliphatic carbocycles. The van der Waals surface area contributed by atoms with Crippen molar-refractivity contribution in [3.8, 4) is 0 Å². The van der Waals surface area contributed by atoms with Gasteiger partial charge in [0, 0.05) is 44.2 Å². The number of benzene rings is 2. The van der Waals surface area contributed by atoms with Crippen LogP contribution in [0.5, 0.6) is 0 Å². The number of aromatic nitrogens is 2. The summed E-state index contributed by atoms with van der Waals surface area (Å²) in [6.45, 7) is 4.96. The molecule has 1 N–H and O–H groups in total. The van der Waals surface area contributed by atoms with Gasteiger partial charge >= 0.3 is 0 Å². The van der Waals surface area contributed by atoms with E-state index in [1.807, 2.05) is 0 Å². The van der Waals surface area contributed by atoms with Gasteiger partial charge in [0.1, 0.15) is 5.82 Å². The maximum Gasteiger partial charge on any atom is 0.227 e. The number of hydrogen-bond acceptors (Lipinski definition) is 5. The predicted octanol–water partition coefficient (Wildman–Crippen LogP) is 4.04.